The Morgan fingerprint density at radius 1 is 1.58 bits per heavy atom. The molecule has 0 saturated carbocycles. The number of allylic oxidation sites excluding steroid dienone is 1. The van der Waals surface area contributed by atoms with E-state index in [9.17, 15) is 0 Å². The van der Waals surface area contributed by atoms with Gasteiger partial charge >= 0.3 is 0 Å². The normalized spacial score (nSPS) is 11.2. The van der Waals surface area contributed by atoms with Crippen molar-refractivity contribution in [3.8, 4) is 6.07 Å². The number of anilines is 1. The van der Waals surface area contributed by atoms with Crippen LogP contribution >= 0.6 is 27.5 Å². The fraction of sp³-hybridized carbons (Fsp3) is 0.0909. The summed E-state index contributed by atoms with van der Waals surface area (Å²) in [6.07, 6.45) is 1.51. The van der Waals surface area contributed by atoms with Gasteiger partial charge in [-0.05, 0) is 45.8 Å². The van der Waals surface area contributed by atoms with Crippen LogP contribution in [0.2, 0.25) is 5.02 Å². The molecule has 2 aromatic rings. The van der Waals surface area contributed by atoms with Gasteiger partial charge in [0.05, 0.1) is 5.02 Å². The maximum absolute atomic E-state index is 9.03. The van der Waals surface area contributed by atoms with Crippen molar-refractivity contribution in [3.63, 3.8) is 0 Å². The summed E-state index contributed by atoms with van der Waals surface area (Å²) in [5, 5.41) is 25.8. The molecule has 1 aromatic heterocycles. The molecule has 96 valence electrons. The number of hydrogen-bond donors (Lipinski definition) is 2. The first kappa shape index (κ1) is 13.5. The molecule has 0 aliphatic carbocycles. The highest BCUT2D eigenvalue weighted by Gasteiger charge is 2.07. The first-order valence-corrected chi connectivity index (χ1v) is 6.35. The van der Waals surface area contributed by atoms with E-state index >= 15 is 0 Å². The third-order valence-electron chi connectivity index (χ3n) is 2.35. The van der Waals surface area contributed by atoms with Gasteiger partial charge < -0.3 is 5.32 Å². The van der Waals surface area contributed by atoms with Crippen LogP contribution in [-0.4, -0.2) is 20.6 Å². The molecule has 0 aliphatic rings. The molecule has 0 saturated heterocycles. The van der Waals surface area contributed by atoms with E-state index in [1.165, 1.54) is 6.20 Å². The third-order valence-corrected chi connectivity index (χ3v) is 3.54. The number of aromatic nitrogens is 4. The van der Waals surface area contributed by atoms with Crippen molar-refractivity contribution in [3.05, 3.63) is 39.2 Å². The van der Waals surface area contributed by atoms with Gasteiger partial charge in [0, 0.05) is 16.4 Å². The van der Waals surface area contributed by atoms with Gasteiger partial charge in [-0.15, -0.1) is 10.2 Å². The van der Waals surface area contributed by atoms with Crippen LogP contribution in [0.3, 0.4) is 0 Å². The van der Waals surface area contributed by atoms with Gasteiger partial charge in [-0.25, -0.2) is 0 Å². The summed E-state index contributed by atoms with van der Waals surface area (Å²) in [5.41, 5.74) is 2.05. The Kier molecular flexibility index (Phi) is 4.14. The number of nitrogens with zero attached hydrogens (tertiary/aromatic N) is 4. The molecule has 0 amide bonds. The number of aromatic amines is 1. The van der Waals surface area contributed by atoms with Crippen molar-refractivity contribution >= 4 is 38.8 Å². The van der Waals surface area contributed by atoms with Gasteiger partial charge in [-0.3, -0.25) is 0 Å². The number of hydrogen-bond acceptors (Lipinski definition) is 5. The highest BCUT2D eigenvalue weighted by molar-refractivity contribution is 9.10. The summed E-state index contributed by atoms with van der Waals surface area (Å²) in [5.74, 6) is 0.232. The quantitative estimate of drug-likeness (QED) is 0.839. The lowest BCUT2D eigenvalue weighted by atomic mass is 10.2. The molecule has 8 heteroatoms. The van der Waals surface area contributed by atoms with Crippen LogP contribution < -0.4 is 5.32 Å². The molecule has 0 atom stereocenters. The van der Waals surface area contributed by atoms with Gasteiger partial charge in [-0.2, -0.15) is 10.5 Å². The Bertz CT molecular complexity index is 659. The molecule has 0 unspecified atom stereocenters. The van der Waals surface area contributed by atoms with Crippen LogP contribution in [0.4, 0.5) is 5.69 Å². The fourth-order valence-electron chi connectivity index (χ4n) is 1.37. The first-order valence-electron chi connectivity index (χ1n) is 5.18. The van der Waals surface area contributed by atoms with E-state index in [2.05, 4.69) is 41.9 Å². The highest BCUT2D eigenvalue weighted by Crippen LogP contribution is 2.29. The van der Waals surface area contributed by atoms with Crippen molar-refractivity contribution in [2.24, 2.45) is 0 Å². The number of halogens is 2. The number of nitriles is 1. The van der Waals surface area contributed by atoms with E-state index in [-0.39, 0.29) is 11.4 Å². The number of nitrogens with one attached hydrogen (secondary N) is 2. The maximum Gasteiger partial charge on any atom is 0.216 e. The van der Waals surface area contributed by atoms with Crippen LogP contribution in [0, 0.1) is 18.3 Å². The predicted octanol–water partition coefficient (Wildman–Crippen LogP) is 2.90. The van der Waals surface area contributed by atoms with E-state index in [1.54, 1.807) is 6.07 Å². The molecule has 0 spiro atoms. The zero-order valence-electron chi connectivity index (χ0n) is 9.78. The summed E-state index contributed by atoms with van der Waals surface area (Å²) in [4.78, 5) is 0. The lowest BCUT2D eigenvalue weighted by Gasteiger charge is -2.07. The number of benzene rings is 1. The molecule has 1 aromatic carbocycles. The number of tetrazole rings is 1. The average molecular weight is 340 g/mol. The minimum absolute atomic E-state index is 0.232. The minimum Gasteiger partial charge on any atom is -0.360 e. The fourth-order valence-corrected chi connectivity index (χ4v) is 2.00. The second-order valence-electron chi connectivity index (χ2n) is 3.63. The third kappa shape index (κ3) is 3.10. The van der Waals surface area contributed by atoms with Gasteiger partial charge in [-0.1, -0.05) is 11.6 Å². The summed E-state index contributed by atoms with van der Waals surface area (Å²) >= 11 is 9.37. The highest BCUT2D eigenvalue weighted by atomic mass is 79.9. The molecular formula is C11H8BrClN6. The Hall–Kier alpha value is -1.91. The van der Waals surface area contributed by atoms with Gasteiger partial charge in [0.15, 0.2) is 0 Å². The first-order chi connectivity index (χ1) is 9.11. The summed E-state index contributed by atoms with van der Waals surface area (Å²) in [6.45, 7) is 1.93. The second-order valence-corrected chi connectivity index (χ2v) is 4.89. The maximum atomic E-state index is 9.03. The smallest absolute Gasteiger partial charge is 0.216 e. The van der Waals surface area contributed by atoms with Gasteiger partial charge in [0.2, 0.25) is 5.82 Å². The summed E-state index contributed by atoms with van der Waals surface area (Å²) < 4.78 is 0.819. The van der Waals surface area contributed by atoms with E-state index in [1.807, 2.05) is 19.1 Å². The summed E-state index contributed by atoms with van der Waals surface area (Å²) in [6, 6.07) is 5.65. The zero-order valence-corrected chi connectivity index (χ0v) is 12.1. The van der Waals surface area contributed by atoms with Crippen LogP contribution in [0.25, 0.3) is 5.57 Å². The second kappa shape index (κ2) is 5.82. The molecule has 0 bridgehead atoms. The zero-order chi connectivity index (χ0) is 13.8. The lowest BCUT2D eigenvalue weighted by molar-refractivity contribution is 0.881. The number of H-pyrrole nitrogens is 1. The van der Waals surface area contributed by atoms with E-state index in [4.69, 9.17) is 16.9 Å². The topological polar surface area (TPSA) is 90.3 Å². The van der Waals surface area contributed by atoms with Crippen molar-refractivity contribution in [2.45, 2.75) is 6.92 Å². The standard InChI is InChI=1S/C11H8BrClN6/c1-6-2-8(12)9(13)3-10(6)15-5-7(4-14)11-16-18-19-17-11/h2-3,5,15H,1H3,(H,16,17,18,19). The summed E-state index contributed by atoms with van der Waals surface area (Å²) in [7, 11) is 0. The molecule has 0 fully saturated rings. The monoisotopic (exact) mass is 338 g/mol. The van der Waals surface area contributed by atoms with Crippen molar-refractivity contribution in [1.82, 2.24) is 20.6 Å². The van der Waals surface area contributed by atoms with Crippen molar-refractivity contribution in [2.75, 3.05) is 5.32 Å². The molecular weight excluding hydrogens is 332 g/mol. The average Bonchev–Trinajstić information content (AvgIpc) is 2.90. The molecule has 0 aliphatic heterocycles. The van der Waals surface area contributed by atoms with Crippen LogP contribution in [0.15, 0.2) is 22.8 Å². The Morgan fingerprint density at radius 2 is 2.37 bits per heavy atom. The number of aryl methyl sites for hydroxylation is 1. The van der Waals surface area contributed by atoms with Crippen molar-refractivity contribution in [1.29, 1.82) is 5.26 Å². The molecule has 6 nitrogen and oxygen atoms in total. The van der Waals surface area contributed by atoms with E-state index < -0.39 is 0 Å². The molecule has 19 heavy (non-hydrogen) atoms. The Labute approximate surface area is 122 Å². The molecule has 2 rings (SSSR count). The predicted molar refractivity (Wildman–Crippen MR) is 75.3 cm³/mol. The molecule has 1 heterocycles. The van der Waals surface area contributed by atoms with Crippen LogP contribution in [0.1, 0.15) is 11.4 Å². The Balaban J connectivity index is 2.27. The van der Waals surface area contributed by atoms with Gasteiger partial charge in [0.25, 0.3) is 0 Å². The van der Waals surface area contributed by atoms with Crippen LogP contribution in [-0.2, 0) is 0 Å². The molecule has 0 radical (unpaired) electrons. The van der Waals surface area contributed by atoms with Crippen molar-refractivity contribution < 1.29 is 0 Å². The minimum atomic E-state index is 0.232. The van der Waals surface area contributed by atoms with E-state index in [0.717, 1.165) is 15.7 Å². The largest absolute Gasteiger partial charge is 0.360 e. The van der Waals surface area contributed by atoms with Gasteiger partial charge in [0.1, 0.15) is 11.6 Å². The number of rotatable bonds is 3. The lowest BCUT2D eigenvalue weighted by Crippen LogP contribution is -1.95. The van der Waals surface area contributed by atoms with Crippen LogP contribution in [0.5, 0.6) is 0 Å². The molecule has 2 N–H and O–H groups in total. The van der Waals surface area contributed by atoms with E-state index in [0.29, 0.717) is 5.02 Å². The Morgan fingerprint density at radius 3 is 3.00 bits per heavy atom. The SMILES string of the molecule is Cc1cc(Br)c(Cl)cc1NC=C(C#N)c1nn[nH]n1.